The highest BCUT2D eigenvalue weighted by atomic mass is 16.5. The number of carbonyl (C=O) groups is 2. The molecule has 0 saturated carbocycles. The summed E-state index contributed by atoms with van der Waals surface area (Å²) >= 11 is 0. The molecule has 94 heavy (non-hydrogen) atoms. The summed E-state index contributed by atoms with van der Waals surface area (Å²) in [4.78, 5) is 24.7. The molecule has 2 atom stereocenters. The van der Waals surface area contributed by atoms with Crippen LogP contribution in [0.25, 0.3) is 0 Å². The molecule has 0 rings (SSSR count). The molecule has 3 N–H and O–H groups in total. The Balaban J connectivity index is 3.35. The Morgan fingerprint density at radius 1 is 0.298 bits per heavy atom. The van der Waals surface area contributed by atoms with Crippen LogP contribution in [0, 0.1) is 0 Å². The van der Waals surface area contributed by atoms with Crippen molar-refractivity contribution >= 4 is 11.9 Å². The van der Waals surface area contributed by atoms with E-state index in [2.05, 4.69) is 55.6 Å². The number of allylic oxidation sites excluding steroid dienone is 6. The van der Waals surface area contributed by atoms with Crippen LogP contribution >= 0.6 is 0 Å². The standard InChI is InChI=1S/C88H169NO5/c1-3-5-7-9-11-13-15-17-19-21-22-42-45-49-52-56-60-64-68-72-76-80-86(91)85(84-90)89-87(92)81-77-73-69-65-61-57-53-50-46-43-40-38-36-34-32-30-28-26-24-23-25-27-29-31-33-35-37-39-41-44-47-51-55-59-63-67-71-75-79-83-94-88(93)82-78-74-70-66-62-58-54-48-20-18-16-14-12-10-8-6-4-2/h18,20,23-24,27,29,85-86,90-91H,3-17,19,21-22,25-26,28,30-84H2,1-2H3,(H,89,92)/b20-18-,24-23-,29-27-. The zero-order chi connectivity index (χ0) is 67.7. The Kier molecular flexibility index (Phi) is 81.8. The molecule has 0 aromatic carbocycles. The Morgan fingerprint density at radius 2 is 0.532 bits per heavy atom. The second-order valence-corrected chi connectivity index (χ2v) is 29.9. The summed E-state index contributed by atoms with van der Waals surface area (Å²) in [5, 5.41) is 23.5. The molecular formula is C88H169NO5. The first kappa shape index (κ1) is 92.1. The monoisotopic (exact) mass is 1320 g/mol. The molecular weight excluding hydrogens is 1150 g/mol. The average molecular weight is 1320 g/mol. The normalized spacial score (nSPS) is 12.6. The van der Waals surface area contributed by atoms with E-state index in [4.69, 9.17) is 4.74 Å². The number of aliphatic hydroxyl groups excluding tert-OH is 2. The van der Waals surface area contributed by atoms with Crippen LogP contribution in [0.4, 0.5) is 0 Å². The van der Waals surface area contributed by atoms with Crippen LogP contribution < -0.4 is 5.32 Å². The van der Waals surface area contributed by atoms with Gasteiger partial charge < -0.3 is 20.3 Å². The molecule has 0 aromatic heterocycles. The second-order valence-electron chi connectivity index (χ2n) is 29.9. The fourth-order valence-electron chi connectivity index (χ4n) is 13.8. The Labute approximate surface area is 589 Å². The van der Waals surface area contributed by atoms with Crippen LogP contribution in [-0.4, -0.2) is 47.4 Å². The third-order valence-corrected chi connectivity index (χ3v) is 20.4. The number of carbonyl (C=O) groups excluding carboxylic acids is 2. The average Bonchev–Trinajstić information content (AvgIpc) is 3.55. The summed E-state index contributed by atoms with van der Waals surface area (Å²) in [7, 11) is 0. The molecule has 6 heteroatoms. The molecule has 0 spiro atoms. The van der Waals surface area contributed by atoms with Crippen LogP contribution in [-0.2, 0) is 14.3 Å². The van der Waals surface area contributed by atoms with Crippen LogP contribution in [0.2, 0.25) is 0 Å². The van der Waals surface area contributed by atoms with Gasteiger partial charge in [0.15, 0.2) is 0 Å². The molecule has 1 amide bonds. The summed E-state index contributed by atoms with van der Waals surface area (Å²) in [6.45, 7) is 5.00. The van der Waals surface area contributed by atoms with E-state index in [9.17, 15) is 19.8 Å². The highest BCUT2D eigenvalue weighted by molar-refractivity contribution is 5.76. The molecule has 0 aliphatic heterocycles. The second kappa shape index (κ2) is 83.5. The number of amides is 1. The van der Waals surface area contributed by atoms with Gasteiger partial charge in [-0.1, -0.05) is 429 Å². The predicted molar refractivity (Wildman–Crippen MR) is 416 cm³/mol. The molecule has 0 aliphatic carbocycles. The van der Waals surface area contributed by atoms with E-state index >= 15 is 0 Å². The smallest absolute Gasteiger partial charge is 0.305 e. The molecule has 0 fully saturated rings. The van der Waals surface area contributed by atoms with Gasteiger partial charge in [0.25, 0.3) is 0 Å². The Bertz CT molecular complexity index is 1520. The maximum absolute atomic E-state index is 12.6. The van der Waals surface area contributed by atoms with Crippen LogP contribution in [0.1, 0.15) is 489 Å². The molecule has 0 heterocycles. The lowest BCUT2D eigenvalue weighted by atomic mass is 10.0. The van der Waals surface area contributed by atoms with Crippen molar-refractivity contribution in [2.75, 3.05) is 13.2 Å². The fourth-order valence-corrected chi connectivity index (χ4v) is 13.8. The number of nitrogens with one attached hydrogen (secondary N) is 1. The maximum Gasteiger partial charge on any atom is 0.305 e. The van der Waals surface area contributed by atoms with Gasteiger partial charge in [-0.3, -0.25) is 9.59 Å². The van der Waals surface area contributed by atoms with Crippen LogP contribution in [0.15, 0.2) is 36.5 Å². The van der Waals surface area contributed by atoms with Crippen molar-refractivity contribution in [1.82, 2.24) is 5.32 Å². The number of rotatable bonds is 82. The van der Waals surface area contributed by atoms with E-state index in [0.717, 1.165) is 51.4 Å². The minimum absolute atomic E-state index is 0.0179. The first-order chi connectivity index (χ1) is 46.5. The van der Waals surface area contributed by atoms with Crippen molar-refractivity contribution in [3.05, 3.63) is 36.5 Å². The number of unbranched alkanes of at least 4 members (excludes halogenated alkanes) is 65. The van der Waals surface area contributed by atoms with Gasteiger partial charge in [0.05, 0.1) is 25.4 Å². The molecule has 6 nitrogen and oxygen atoms in total. The third kappa shape index (κ3) is 79.1. The van der Waals surface area contributed by atoms with E-state index in [1.165, 1.54) is 405 Å². The number of aliphatic hydroxyl groups is 2. The SMILES string of the molecule is CCCCCCCC/C=C\CCCCCCCCCC(=O)OCCCCCCCCCCCCCCCCC/C=C\C/C=C\CCCCCCCCCCCCCCCCCCCC(=O)NC(CO)C(O)CCCCCCCCCCCCCCCCCCCCCCC. The van der Waals surface area contributed by atoms with Crippen molar-refractivity contribution in [2.45, 2.75) is 501 Å². The largest absolute Gasteiger partial charge is 0.466 e. The molecule has 0 aromatic rings. The van der Waals surface area contributed by atoms with E-state index in [-0.39, 0.29) is 18.5 Å². The van der Waals surface area contributed by atoms with E-state index < -0.39 is 12.1 Å². The van der Waals surface area contributed by atoms with Gasteiger partial charge in [0.2, 0.25) is 5.91 Å². The summed E-state index contributed by atoms with van der Waals surface area (Å²) in [5.41, 5.74) is 0. The first-order valence-corrected chi connectivity index (χ1v) is 43.2. The fraction of sp³-hybridized carbons (Fsp3) is 0.909. The summed E-state index contributed by atoms with van der Waals surface area (Å²) in [6, 6.07) is -0.540. The Hall–Kier alpha value is -1.92. The minimum atomic E-state index is -0.663. The molecule has 0 radical (unpaired) electrons. The lowest BCUT2D eigenvalue weighted by Gasteiger charge is -2.22. The van der Waals surface area contributed by atoms with Crippen LogP contribution in [0.3, 0.4) is 0 Å². The molecule has 0 aliphatic rings. The molecule has 0 saturated heterocycles. The topological polar surface area (TPSA) is 95.9 Å². The Morgan fingerprint density at radius 3 is 0.819 bits per heavy atom. The van der Waals surface area contributed by atoms with Crippen molar-refractivity contribution < 1.29 is 24.5 Å². The molecule has 2 unspecified atom stereocenters. The van der Waals surface area contributed by atoms with Crippen molar-refractivity contribution in [2.24, 2.45) is 0 Å². The zero-order valence-corrected chi connectivity index (χ0v) is 64.0. The maximum atomic E-state index is 12.6. The predicted octanol–water partition coefficient (Wildman–Crippen LogP) is 28.9. The minimum Gasteiger partial charge on any atom is -0.466 e. The van der Waals surface area contributed by atoms with Gasteiger partial charge in [-0.25, -0.2) is 0 Å². The lowest BCUT2D eigenvalue weighted by Crippen LogP contribution is -2.45. The molecule has 0 bridgehead atoms. The van der Waals surface area contributed by atoms with Crippen molar-refractivity contribution in [3.8, 4) is 0 Å². The van der Waals surface area contributed by atoms with Crippen LogP contribution in [0.5, 0.6) is 0 Å². The van der Waals surface area contributed by atoms with Gasteiger partial charge in [-0.15, -0.1) is 0 Å². The van der Waals surface area contributed by atoms with E-state index in [1.807, 2.05) is 0 Å². The number of hydrogen-bond acceptors (Lipinski definition) is 5. The quantitative estimate of drug-likeness (QED) is 0.0320. The highest BCUT2D eigenvalue weighted by Crippen LogP contribution is 2.21. The first-order valence-electron chi connectivity index (χ1n) is 43.2. The lowest BCUT2D eigenvalue weighted by molar-refractivity contribution is -0.143. The van der Waals surface area contributed by atoms with E-state index in [1.54, 1.807) is 0 Å². The van der Waals surface area contributed by atoms with Gasteiger partial charge in [0.1, 0.15) is 0 Å². The number of esters is 1. The molecule has 556 valence electrons. The summed E-state index contributed by atoms with van der Waals surface area (Å²) < 4.78 is 5.51. The summed E-state index contributed by atoms with van der Waals surface area (Å²) in [5.74, 6) is -0.00855. The van der Waals surface area contributed by atoms with Crippen molar-refractivity contribution in [1.29, 1.82) is 0 Å². The van der Waals surface area contributed by atoms with Crippen molar-refractivity contribution in [3.63, 3.8) is 0 Å². The number of hydrogen-bond donors (Lipinski definition) is 3. The van der Waals surface area contributed by atoms with Gasteiger partial charge in [-0.05, 0) is 83.5 Å². The number of ether oxygens (including phenoxy) is 1. The van der Waals surface area contributed by atoms with Gasteiger partial charge >= 0.3 is 5.97 Å². The van der Waals surface area contributed by atoms with Gasteiger partial charge in [-0.2, -0.15) is 0 Å². The van der Waals surface area contributed by atoms with Gasteiger partial charge in [0, 0.05) is 12.8 Å². The zero-order valence-electron chi connectivity index (χ0n) is 64.0. The highest BCUT2D eigenvalue weighted by Gasteiger charge is 2.20. The third-order valence-electron chi connectivity index (χ3n) is 20.4. The van der Waals surface area contributed by atoms with E-state index in [0.29, 0.717) is 25.9 Å². The summed E-state index contributed by atoms with van der Waals surface area (Å²) in [6.07, 6.45) is 110.